The van der Waals surface area contributed by atoms with Crippen LogP contribution in [0.4, 0.5) is 0 Å². The molecule has 0 aliphatic rings. The molecule has 0 aliphatic heterocycles. The van der Waals surface area contributed by atoms with Gasteiger partial charge in [-0.1, -0.05) is 42.5 Å². The summed E-state index contributed by atoms with van der Waals surface area (Å²) in [6, 6.07) is 14.6. The first-order chi connectivity index (χ1) is 8.79. The van der Waals surface area contributed by atoms with Gasteiger partial charge in [-0.3, -0.25) is 4.79 Å². The van der Waals surface area contributed by atoms with Gasteiger partial charge in [0.05, 0.1) is 0 Å². The highest BCUT2D eigenvalue weighted by molar-refractivity contribution is 5.83. The number of hydrogen-bond donors (Lipinski definition) is 2. The number of nitrogens with one attached hydrogen (secondary N) is 1. The highest BCUT2D eigenvalue weighted by Gasteiger charge is 2.02. The minimum atomic E-state index is 0.0635. The number of carbonyl (C=O) groups excluding carboxylic acids is 1. The Kier molecular flexibility index (Phi) is 4.31. The van der Waals surface area contributed by atoms with Crippen molar-refractivity contribution in [3.63, 3.8) is 0 Å². The van der Waals surface area contributed by atoms with Crippen LogP contribution < -0.4 is 11.1 Å². The lowest BCUT2D eigenvalue weighted by Crippen LogP contribution is -2.29. The Morgan fingerprint density at radius 3 is 2.67 bits per heavy atom. The quantitative estimate of drug-likeness (QED) is 0.840. The molecule has 2 aromatic rings. The Morgan fingerprint density at radius 1 is 1.11 bits per heavy atom. The summed E-state index contributed by atoms with van der Waals surface area (Å²) in [7, 11) is 0. The average Bonchev–Trinajstić information content (AvgIpc) is 2.42. The molecule has 3 nitrogen and oxygen atoms in total. The van der Waals surface area contributed by atoms with Gasteiger partial charge in [0, 0.05) is 19.5 Å². The molecular formula is C15H18N2O. The van der Waals surface area contributed by atoms with Crippen LogP contribution in [0.15, 0.2) is 42.5 Å². The monoisotopic (exact) mass is 242 g/mol. The van der Waals surface area contributed by atoms with E-state index in [9.17, 15) is 4.79 Å². The minimum Gasteiger partial charge on any atom is -0.355 e. The smallest absolute Gasteiger partial charge is 0.220 e. The predicted molar refractivity (Wildman–Crippen MR) is 74.3 cm³/mol. The van der Waals surface area contributed by atoms with Crippen LogP contribution in [0, 0.1) is 0 Å². The van der Waals surface area contributed by atoms with E-state index in [1.165, 1.54) is 16.3 Å². The zero-order chi connectivity index (χ0) is 12.8. The molecule has 94 valence electrons. The fourth-order valence-electron chi connectivity index (χ4n) is 1.95. The highest BCUT2D eigenvalue weighted by Crippen LogP contribution is 2.16. The summed E-state index contributed by atoms with van der Waals surface area (Å²) >= 11 is 0. The Balaban J connectivity index is 1.97. The third-order valence-electron chi connectivity index (χ3n) is 2.92. The first-order valence-electron chi connectivity index (χ1n) is 6.24. The summed E-state index contributed by atoms with van der Waals surface area (Å²) < 4.78 is 0. The Labute approximate surface area is 107 Å². The number of benzene rings is 2. The minimum absolute atomic E-state index is 0.0635. The molecule has 3 N–H and O–H groups in total. The molecule has 0 saturated carbocycles. The lowest BCUT2D eigenvalue weighted by Gasteiger charge is -2.05. The number of amides is 1. The van der Waals surface area contributed by atoms with Gasteiger partial charge in [-0.2, -0.15) is 0 Å². The van der Waals surface area contributed by atoms with E-state index in [2.05, 4.69) is 35.6 Å². The van der Waals surface area contributed by atoms with Gasteiger partial charge in [0.2, 0.25) is 5.91 Å². The van der Waals surface area contributed by atoms with E-state index in [4.69, 9.17) is 5.73 Å². The molecule has 0 atom stereocenters. The van der Waals surface area contributed by atoms with Crippen LogP contribution in [-0.2, 0) is 11.2 Å². The van der Waals surface area contributed by atoms with Crippen molar-refractivity contribution in [3.8, 4) is 0 Å². The number of hydrogen-bond acceptors (Lipinski definition) is 2. The Bertz CT molecular complexity index is 537. The molecule has 0 aliphatic carbocycles. The molecule has 18 heavy (non-hydrogen) atoms. The van der Waals surface area contributed by atoms with E-state index in [0.29, 0.717) is 19.5 Å². The molecule has 0 radical (unpaired) electrons. The standard InChI is InChI=1S/C15H18N2O/c16-9-10-17-15(18)8-6-12-5-7-13-3-1-2-4-14(13)11-12/h1-5,7,11H,6,8-10,16H2,(H,17,18). The highest BCUT2D eigenvalue weighted by atomic mass is 16.1. The van der Waals surface area contributed by atoms with Crippen molar-refractivity contribution in [2.75, 3.05) is 13.1 Å². The summed E-state index contributed by atoms with van der Waals surface area (Å²) in [6.45, 7) is 1.04. The number of nitrogens with two attached hydrogens (primary N) is 1. The van der Waals surface area contributed by atoms with E-state index in [0.717, 1.165) is 6.42 Å². The molecule has 0 saturated heterocycles. The molecular weight excluding hydrogens is 224 g/mol. The number of rotatable bonds is 5. The fourth-order valence-corrected chi connectivity index (χ4v) is 1.95. The van der Waals surface area contributed by atoms with E-state index in [-0.39, 0.29) is 5.91 Å². The molecule has 0 fully saturated rings. The van der Waals surface area contributed by atoms with Gasteiger partial charge in [0.15, 0.2) is 0 Å². The maximum atomic E-state index is 11.5. The average molecular weight is 242 g/mol. The predicted octanol–water partition coefficient (Wildman–Crippen LogP) is 1.85. The Hall–Kier alpha value is -1.87. The second-order valence-electron chi connectivity index (χ2n) is 4.32. The summed E-state index contributed by atoms with van der Waals surface area (Å²) in [4.78, 5) is 11.5. The lowest BCUT2D eigenvalue weighted by molar-refractivity contribution is -0.120. The van der Waals surface area contributed by atoms with Gasteiger partial charge in [-0.25, -0.2) is 0 Å². The van der Waals surface area contributed by atoms with Crippen molar-refractivity contribution in [3.05, 3.63) is 48.0 Å². The van der Waals surface area contributed by atoms with E-state index >= 15 is 0 Å². The molecule has 0 unspecified atom stereocenters. The first-order valence-corrected chi connectivity index (χ1v) is 6.24. The lowest BCUT2D eigenvalue weighted by atomic mass is 10.0. The zero-order valence-electron chi connectivity index (χ0n) is 10.4. The van der Waals surface area contributed by atoms with Crippen molar-refractivity contribution in [2.24, 2.45) is 5.73 Å². The van der Waals surface area contributed by atoms with Crippen LogP contribution in [0.2, 0.25) is 0 Å². The topological polar surface area (TPSA) is 55.1 Å². The van der Waals surface area contributed by atoms with Crippen molar-refractivity contribution >= 4 is 16.7 Å². The van der Waals surface area contributed by atoms with Gasteiger partial charge in [0.1, 0.15) is 0 Å². The van der Waals surface area contributed by atoms with E-state index in [1.807, 2.05) is 12.1 Å². The van der Waals surface area contributed by atoms with Crippen molar-refractivity contribution in [1.82, 2.24) is 5.32 Å². The van der Waals surface area contributed by atoms with Crippen molar-refractivity contribution in [1.29, 1.82) is 0 Å². The third-order valence-corrected chi connectivity index (χ3v) is 2.92. The summed E-state index contributed by atoms with van der Waals surface area (Å²) in [5.74, 6) is 0.0635. The van der Waals surface area contributed by atoms with Gasteiger partial charge in [-0.05, 0) is 22.8 Å². The number of carbonyl (C=O) groups is 1. The van der Waals surface area contributed by atoms with Crippen molar-refractivity contribution < 1.29 is 4.79 Å². The van der Waals surface area contributed by atoms with Crippen LogP contribution in [0.3, 0.4) is 0 Å². The molecule has 2 aromatic carbocycles. The summed E-state index contributed by atoms with van der Waals surface area (Å²) in [5, 5.41) is 5.23. The fraction of sp³-hybridized carbons (Fsp3) is 0.267. The SMILES string of the molecule is NCCNC(=O)CCc1ccc2ccccc2c1. The van der Waals surface area contributed by atoms with Crippen LogP contribution in [0.25, 0.3) is 10.8 Å². The maximum absolute atomic E-state index is 11.5. The van der Waals surface area contributed by atoms with E-state index in [1.54, 1.807) is 0 Å². The first kappa shape index (κ1) is 12.6. The molecule has 0 aromatic heterocycles. The zero-order valence-corrected chi connectivity index (χ0v) is 10.4. The maximum Gasteiger partial charge on any atom is 0.220 e. The summed E-state index contributed by atoms with van der Waals surface area (Å²) in [6.07, 6.45) is 1.28. The normalized spacial score (nSPS) is 10.5. The molecule has 2 rings (SSSR count). The molecule has 3 heteroatoms. The number of aryl methyl sites for hydroxylation is 1. The molecule has 0 spiro atoms. The largest absolute Gasteiger partial charge is 0.355 e. The molecule has 1 amide bonds. The second kappa shape index (κ2) is 6.17. The van der Waals surface area contributed by atoms with Crippen LogP contribution in [0.1, 0.15) is 12.0 Å². The summed E-state index contributed by atoms with van der Waals surface area (Å²) in [5.41, 5.74) is 6.52. The Morgan fingerprint density at radius 2 is 1.89 bits per heavy atom. The molecule has 0 heterocycles. The van der Waals surface area contributed by atoms with Gasteiger partial charge in [0.25, 0.3) is 0 Å². The molecule has 0 bridgehead atoms. The van der Waals surface area contributed by atoms with Crippen LogP contribution >= 0.6 is 0 Å². The van der Waals surface area contributed by atoms with Gasteiger partial charge < -0.3 is 11.1 Å². The van der Waals surface area contributed by atoms with Crippen LogP contribution in [-0.4, -0.2) is 19.0 Å². The van der Waals surface area contributed by atoms with Crippen LogP contribution in [0.5, 0.6) is 0 Å². The van der Waals surface area contributed by atoms with E-state index < -0.39 is 0 Å². The van der Waals surface area contributed by atoms with Gasteiger partial charge in [-0.15, -0.1) is 0 Å². The number of fused-ring (bicyclic) bond motifs is 1. The van der Waals surface area contributed by atoms with Gasteiger partial charge >= 0.3 is 0 Å². The van der Waals surface area contributed by atoms with Crippen molar-refractivity contribution in [2.45, 2.75) is 12.8 Å². The third kappa shape index (κ3) is 3.31. The second-order valence-corrected chi connectivity index (χ2v) is 4.32.